The number of fused-ring (bicyclic) bond motifs is 2. The summed E-state index contributed by atoms with van der Waals surface area (Å²) < 4.78 is 31.5. The van der Waals surface area contributed by atoms with Crippen molar-refractivity contribution in [3.63, 3.8) is 0 Å². The molecule has 2 heterocycles. The normalized spacial score (nSPS) is 26.0. The van der Waals surface area contributed by atoms with Crippen LogP contribution in [0.2, 0.25) is 0 Å². The second kappa shape index (κ2) is 8.05. The van der Waals surface area contributed by atoms with Crippen molar-refractivity contribution in [3.05, 3.63) is 28.7 Å². The Kier molecular flexibility index (Phi) is 6.01. The highest BCUT2D eigenvalue weighted by Crippen LogP contribution is 2.34. The van der Waals surface area contributed by atoms with Gasteiger partial charge in [0.15, 0.2) is 15.8 Å². The van der Waals surface area contributed by atoms with E-state index in [9.17, 15) is 8.42 Å². The SMILES string of the molecule is CCNC(=NCCS(=O)(=O)c1ccc(Br)cc1)NC1CC2CCC1O2. The minimum absolute atomic E-state index is 0.0154. The molecule has 3 atom stereocenters. The van der Waals surface area contributed by atoms with E-state index in [0.717, 1.165) is 30.3 Å². The third-order valence-electron chi connectivity index (χ3n) is 4.58. The number of guanidine groups is 1. The number of nitrogens with one attached hydrogen (secondary N) is 2. The van der Waals surface area contributed by atoms with Gasteiger partial charge >= 0.3 is 0 Å². The maximum Gasteiger partial charge on any atom is 0.191 e. The summed E-state index contributed by atoms with van der Waals surface area (Å²) >= 11 is 3.31. The van der Waals surface area contributed by atoms with E-state index in [0.29, 0.717) is 17.0 Å². The molecule has 2 saturated heterocycles. The molecule has 0 radical (unpaired) electrons. The number of nitrogens with zero attached hydrogens (tertiary/aromatic N) is 1. The van der Waals surface area contributed by atoms with Crippen molar-refractivity contribution >= 4 is 31.7 Å². The minimum atomic E-state index is -3.33. The molecular weight excluding hydrogens is 406 g/mol. The van der Waals surface area contributed by atoms with Gasteiger partial charge in [0, 0.05) is 11.0 Å². The molecule has 2 fully saturated rings. The molecule has 0 aliphatic carbocycles. The lowest BCUT2D eigenvalue weighted by atomic mass is 9.96. The van der Waals surface area contributed by atoms with Gasteiger partial charge in [0.05, 0.1) is 35.4 Å². The molecule has 3 rings (SSSR count). The molecule has 2 aliphatic rings. The smallest absolute Gasteiger partial charge is 0.191 e. The largest absolute Gasteiger partial charge is 0.373 e. The number of ether oxygens (including phenoxy) is 1. The monoisotopic (exact) mass is 429 g/mol. The highest BCUT2D eigenvalue weighted by atomic mass is 79.9. The van der Waals surface area contributed by atoms with Crippen molar-refractivity contribution in [1.29, 1.82) is 0 Å². The zero-order valence-corrected chi connectivity index (χ0v) is 16.6. The van der Waals surface area contributed by atoms with E-state index in [1.807, 2.05) is 6.92 Å². The molecule has 8 heteroatoms. The zero-order chi connectivity index (χ0) is 17.9. The Morgan fingerprint density at radius 3 is 2.68 bits per heavy atom. The lowest BCUT2D eigenvalue weighted by Gasteiger charge is -2.22. The fourth-order valence-corrected chi connectivity index (χ4v) is 4.71. The van der Waals surface area contributed by atoms with E-state index in [1.165, 1.54) is 0 Å². The van der Waals surface area contributed by atoms with Crippen LogP contribution in [0.25, 0.3) is 0 Å². The van der Waals surface area contributed by atoms with Crippen LogP contribution in [-0.2, 0) is 14.6 Å². The van der Waals surface area contributed by atoms with Gasteiger partial charge in [-0.05, 0) is 50.5 Å². The number of hydrogen-bond acceptors (Lipinski definition) is 4. The van der Waals surface area contributed by atoms with Gasteiger partial charge < -0.3 is 15.4 Å². The second-order valence-corrected chi connectivity index (χ2v) is 9.42. The minimum Gasteiger partial charge on any atom is -0.373 e. The van der Waals surface area contributed by atoms with E-state index in [4.69, 9.17) is 4.74 Å². The Hall–Kier alpha value is -1.12. The Morgan fingerprint density at radius 1 is 1.32 bits per heavy atom. The quantitative estimate of drug-likeness (QED) is 0.534. The van der Waals surface area contributed by atoms with Gasteiger partial charge in [0.1, 0.15) is 0 Å². The van der Waals surface area contributed by atoms with Crippen LogP contribution in [0.1, 0.15) is 26.2 Å². The summed E-state index contributed by atoms with van der Waals surface area (Å²) in [7, 11) is -3.33. The molecule has 25 heavy (non-hydrogen) atoms. The van der Waals surface area contributed by atoms with Gasteiger partial charge in [-0.3, -0.25) is 4.99 Å². The summed E-state index contributed by atoms with van der Waals surface area (Å²) in [4.78, 5) is 4.76. The van der Waals surface area contributed by atoms with Crippen LogP contribution in [0.5, 0.6) is 0 Å². The molecule has 1 aromatic carbocycles. The Balaban J connectivity index is 1.58. The average Bonchev–Trinajstić information content (AvgIpc) is 3.18. The summed E-state index contributed by atoms with van der Waals surface area (Å²) in [5, 5.41) is 6.58. The van der Waals surface area contributed by atoms with Crippen LogP contribution >= 0.6 is 15.9 Å². The molecule has 0 amide bonds. The van der Waals surface area contributed by atoms with Crippen molar-refractivity contribution < 1.29 is 13.2 Å². The molecule has 6 nitrogen and oxygen atoms in total. The van der Waals surface area contributed by atoms with Crippen molar-refractivity contribution in [2.45, 2.75) is 49.3 Å². The van der Waals surface area contributed by atoms with E-state index in [-0.39, 0.29) is 24.4 Å². The lowest BCUT2D eigenvalue weighted by molar-refractivity contribution is 0.0992. The average molecular weight is 430 g/mol. The predicted molar refractivity (Wildman–Crippen MR) is 102 cm³/mol. The van der Waals surface area contributed by atoms with Crippen LogP contribution in [0.3, 0.4) is 0 Å². The number of halogens is 1. The molecule has 2 bridgehead atoms. The molecule has 1 aromatic rings. The first-order valence-corrected chi connectivity index (χ1v) is 11.1. The van der Waals surface area contributed by atoms with Crippen molar-refractivity contribution in [2.24, 2.45) is 4.99 Å². The topological polar surface area (TPSA) is 79.8 Å². The molecule has 0 saturated carbocycles. The summed E-state index contributed by atoms with van der Waals surface area (Å²) in [6.45, 7) is 2.94. The number of hydrogen-bond donors (Lipinski definition) is 2. The molecule has 3 unspecified atom stereocenters. The number of aliphatic imine (C=N–C) groups is 1. The van der Waals surface area contributed by atoms with E-state index in [2.05, 4.69) is 31.6 Å². The maximum absolute atomic E-state index is 12.4. The van der Waals surface area contributed by atoms with E-state index >= 15 is 0 Å². The lowest BCUT2D eigenvalue weighted by Crippen LogP contribution is -2.47. The van der Waals surface area contributed by atoms with Gasteiger partial charge in [-0.2, -0.15) is 0 Å². The molecular formula is C17H24BrN3O3S. The Bertz CT molecular complexity index is 721. The maximum atomic E-state index is 12.4. The molecule has 0 aromatic heterocycles. The summed E-state index contributed by atoms with van der Waals surface area (Å²) in [5.74, 6) is 0.646. The Labute approximate surface area is 157 Å². The van der Waals surface area contributed by atoms with Gasteiger partial charge in [0.25, 0.3) is 0 Å². The molecule has 0 spiro atoms. The standard InChI is InChI=1S/C17H24BrN3O3S/c1-2-19-17(21-15-11-13-5-8-16(15)24-13)20-9-10-25(22,23)14-6-3-12(18)4-7-14/h3-4,6-7,13,15-16H,2,5,8-11H2,1H3,(H2,19,20,21). The predicted octanol–water partition coefficient (Wildman–Crippen LogP) is 2.10. The van der Waals surface area contributed by atoms with Crippen molar-refractivity contribution in [2.75, 3.05) is 18.8 Å². The highest BCUT2D eigenvalue weighted by Gasteiger charge is 2.41. The van der Waals surface area contributed by atoms with Crippen LogP contribution in [0.4, 0.5) is 0 Å². The Morgan fingerprint density at radius 2 is 2.08 bits per heavy atom. The van der Waals surface area contributed by atoms with Crippen LogP contribution in [0, 0.1) is 0 Å². The van der Waals surface area contributed by atoms with Gasteiger partial charge in [0.2, 0.25) is 0 Å². The van der Waals surface area contributed by atoms with Gasteiger partial charge in [-0.15, -0.1) is 0 Å². The van der Waals surface area contributed by atoms with Crippen LogP contribution in [-0.4, -0.2) is 51.5 Å². The third kappa shape index (κ3) is 4.74. The zero-order valence-electron chi connectivity index (χ0n) is 14.2. The van der Waals surface area contributed by atoms with Gasteiger partial charge in [-0.25, -0.2) is 8.42 Å². The highest BCUT2D eigenvalue weighted by molar-refractivity contribution is 9.10. The van der Waals surface area contributed by atoms with E-state index < -0.39 is 9.84 Å². The third-order valence-corrected chi connectivity index (χ3v) is 6.81. The molecule has 138 valence electrons. The first-order valence-electron chi connectivity index (χ1n) is 8.66. The van der Waals surface area contributed by atoms with Gasteiger partial charge in [-0.1, -0.05) is 15.9 Å². The fourth-order valence-electron chi connectivity index (χ4n) is 3.32. The van der Waals surface area contributed by atoms with Crippen LogP contribution in [0.15, 0.2) is 38.6 Å². The molecule has 2 N–H and O–H groups in total. The van der Waals surface area contributed by atoms with Crippen molar-refractivity contribution in [3.8, 4) is 0 Å². The van der Waals surface area contributed by atoms with Crippen molar-refractivity contribution in [1.82, 2.24) is 10.6 Å². The number of sulfone groups is 1. The summed E-state index contributed by atoms with van der Waals surface area (Å²) in [6.07, 6.45) is 3.83. The fraction of sp³-hybridized carbons (Fsp3) is 0.588. The second-order valence-electron chi connectivity index (χ2n) is 6.39. The number of benzene rings is 1. The first kappa shape index (κ1) is 18.7. The summed E-state index contributed by atoms with van der Waals surface area (Å²) in [5.41, 5.74) is 0. The summed E-state index contributed by atoms with van der Waals surface area (Å²) in [6, 6.07) is 6.95. The molecule has 2 aliphatic heterocycles. The van der Waals surface area contributed by atoms with Crippen LogP contribution < -0.4 is 10.6 Å². The number of rotatable bonds is 6. The van der Waals surface area contributed by atoms with E-state index in [1.54, 1.807) is 24.3 Å². The first-order chi connectivity index (χ1) is 12.0.